The third kappa shape index (κ3) is 3.43. The molecule has 6 heteroatoms. The van der Waals surface area contributed by atoms with Crippen molar-refractivity contribution in [2.75, 3.05) is 5.32 Å². The van der Waals surface area contributed by atoms with Crippen molar-refractivity contribution in [3.05, 3.63) is 76.1 Å². The van der Waals surface area contributed by atoms with E-state index in [1.54, 1.807) is 36.5 Å². The Bertz CT molecular complexity index is 941. The van der Waals surface area contributed by atoms with Crippen molar-refractivity contribution in [3.63, 3.8) is 0 Å². The van der Waals surface area contributed by atoms with E-state index in [4.69, 9.17) is 27.7 Å². The number of rotatable bonds is 4. The van der Waals surface area contributed by atoms with E-state index in [9.17, 15) is 5.26 Å². The summed E-state index contributed by atoms with van der Waals surface area (Å²) in [5.41, 5.74) is 2.22. The average Bonchev–Trinajstić information content (AvgIpc) is 2.98. The van der Waals surface area contributed by atoms with Crippen molar-refractivity contribution < 1.29 is 4.52 Å². The van der Waals surface area contributed by atoms with Gasteiger partial charge >= 0.3 is 0 Å². The van der Waals surface area contributed by atoms with E-state index in [1.165, 1.54) is 0 Å². The van der Waals surface area contributed by atoms with E-state index < -0.39 is 0 Å². The van der Waals surface area contributed by atoms with E-state index in [2.05, 4.69) is 16.5 Å². The standard InChI is InChI=1S/C18H11Cl2N3O/c19-12-4-3-5-13(10-12)22-9-8-17-15(11-21)18(23-24-17)14-6-1-2-7-16(14)20/h1-10,22H. The molecule has 0 spiro atoms. The van der Waals surface area contributed by atoms with Crippen LogP contribution in [0.3, 0.4) is 0 Å². The van der Waals surface area contributed by atoms with Gasteiger partial charge < -0.3 is 9.84 Å². The molecule has 1 N–H and O–H groups in total. The summed E-state index contributed by atoms with van der Waals surface area (Å²) < 4.78 is 5.27. The van der Waals surface area contributed by atoms with E-state index in [-0.39, 0.29) is 0 Å². The van der Waals surface area contributed by atoms with Crippen LogP contribution in [-0.4, -0.2) is 5.16 Å². The number of anilines is 1. The first kappa shape index (κ1) is 16.1. The molecule has 0 fully saturated rings. The molecule has 3 rings (SSSR count). The maximum Gasteiger partial charge on any atom is 0.179 e. The van der Waals surface area contributed by atoms with Crippen LogP contribution in [0.5, 0.6) is 0 Å². The summed E-state index contributed by atoms with van der Waals surface area (Å²) in [7, 11) is 0. The molecule has 0 atom stereocenters. The number of nitrogens with zero attached hydrogens (tertiary/aromatic N) is 2. The minimum absolute atomic E-state index is 0.326. The highest BCUT2D eigenvalue weighted by Gasteiger charge is 2.17. The van der Waals surface area contributed by atoms with E-state index in [0.29, 0.717) is 32.6 Å². The molecule has 0 amide bonds. The maximum absolute atomic E-state index is 9.43. The lowest BCUT2D eigenvalue weighted by Gasteiger charge is -2.00. The lowest BCUT2D eigenvalue weighted by atomic mass is 10.1. The summed E-state index contributed by atoms with van der Waals surface area (Å²) in [6.45, 7) is 0. The number of nitriles is 1. The minimum atomic E-state index is 0.326. The molecular weight excluding hydrogens is 345 g/mol. The Labute approximate surface area is 148 Å². The third-order valence-electron chi connectivity index (χ3n) is 3.27. The van der Waals surface area contributed by atoms with Gasteiger partial charge in [-0.15, -0.1) is 0 Å². The van der Waals surface area contributed by atoms with Crippen LogP contribution in [0.4, 0.5) is 5.69 Å². The third-order valence-corrected chi connectivity index (χ3v) is 3.83. The molecule has 1 heterocycles. The predicted octanol–water partition coefficient (Wildman–Crippen LogP) is 5.60. The van der Waals surface area contributed by atoms with Crippen LogP contribution in [-0.2, 0) is 0 Å². The molecule has 1 aromatic heterocycles. The Morgan fingerprint density at radius 1 is 1.12 bits per heavy atom. The van der Waals surface area contributed by atoms with Gasteiger partial charge in [-0.1, -0.05) is 52.6 Å². The topological polar surface area (TPSA) is 61.9 Å². The zero-order valence-corrected chi connectivity index (χ0v) is 13.8. The fourth-order valence-electron chi connectivity index (χ4n) is 2.15. The second kappa shape index (κ2) is 7.22. The number of hydrogen-bond acceptors (Lipinski definition) is 4. The van der Waals surface area contributed by atoms with Crippen LogP contribution >= 0.6 is 23.2 Å². The molecular formula is C18H11Cl2N3O. The molecule has 3 aromatic rings. The number of nitrogens with one attached hydrogen (secondary N) is 1. The van der Waals surface area contributed by atoms with Crippen molar-refractivity contribution >= 4 is 35.0 Å². The van der Waals surface area contributed by atoms with Gasteiger partial charge in [-0.25, -0.2) is 0 Å². The van der Waals surface area contributed by atoms with E-state index in [0.717, 1.165) is 5.69 Å². The number of halogens is 2. The smallest absolute Gasteiger partial charge is 0.179 e. The maximum atomic E-state index is 9.43. The zero-order valence-electron chi connectivity index (χ0n) is 12.3. The summed E-state index contributed by atoms with van der Waals surface area (Å²) in [4.78, 5) is 0. The molecule has 0 aliphatic heterocycles. The van der Waals surface area contributed by atoms with Crippen LogP contribution in [0.2, 0.25) is 10.0 Å². The molecule has 4 nitrogen and oxygen atoms in total. The van der Waals surface area contributed by atoms with Crippen LogP contribution in [0, 0.1) is 11.3 Å². The van der Waals surface area contributed by atoms with Crippen LogP contribution in [0.1, 0.15) is 11.3 Å². The molecule has 0 saturated heterocycles. The van der Waals surface area contributed by atoms with Crippen molar-refractivity contribution in [1.82, 2.24) is 5.16 Å². The van der Waals surface area contributed by atoms with Crippen molar-refractivity contribution in [2.24, 2.45) is 0 Å². The quantitative estimate of drug-likeness (QED) is 0.661. The van der Waals surface area contributed by atoms with Gasteiger partial charge in [-0.05, 0) is 24.3 Å². The van der Waals surface area contributed by atoms with Gasteiger partial charge in [-0.3, -0.25) is 0 Å². The molecule has 0 bridgehead atoms. The lowest BCUT2D eigenvalue weighted by molar-refractivity contribution is 0.415. The Morgan fingerprint density at radius 3 is 2.71 bits per heavy atom. The Kier molecular flexibility index (Phi) is 4.85. The lowest BCUT2D eigenvalue weighted by Crippen LogP contribution is -1.87. The second-order valence-electron chi connectivity index (χ2n) is 4.85. The summed E-state index contributed by atoms with van der Waals surface area (Å²) >= 11 is 12.1. The van der Waals surface area contributed by atoms with E-state index >= 15 is 0 Å². The molecule has 118 valence electrons. The minimum Gasteiger partial charge on any atom is -0.362 e. The molecule has 2 aromatic carbocycles. The predicted molar refractivity (Wildman–Crippen MR) is 95.8 cm³/mol. The number of hydrogen-bond donors (Lipinski definition) is 1. The molecule has 0 radical (unpaired) electrons. The Morgan fingerprint density at radius 2 is 1.96 bits per heavy atom. The normalized spacial score (nSPS) is 10.7. The van der Waals surface area contributed by atoms with Crippen molar-refractivity contribution in [2.45, 2.75) is 0 Å². The highest BCUT2D eigenvalue weighted by Crippen LogP contribution is 2.31. The largest absolute Gasteiger partial charge is 0.362 e. The van der Waals surface area contributed by atoms with Gasteiger partial charge in [-0.2, -0.15) is 5.26 Å². The monoisotopic (exact) mass is 355 g/mol. The Balaban J connectivity index is 1.86. The highest BCUT2D eigenvalue weighted by atomic mass is 35.5. The highest BCUT2D eigenvalue weighted by molar-refractivity contribution is 6.33. The van der Waals surface area contributed by atoms with Crippen molar-refractivity contribution in [3.8, 4) is 17.3 Å². The van der Waals surface area contributed by atoms with Gasteiger partial charge in [0.05, 0.1) is 5.02 Å². The summed E-state index contributed by atoms with van der Waals surface area (Å²) in [6, 6.07) is 16.6. The fraction of sp³-hybridized carbons (Fsp3) is 0. The Hall–Kier alpha value is -2.74. The van der Waals surface area contributed by atoms with Crippen LogP contribution in [0.15, 0.2) is 59.3 Å². The fourth-order valence-corrected chi connectivity index (χ4v) is 2.57. The molecule has 24 heavy (non-hydrogen) atoms. The molecule has 0 unspecified atom stereocenters. The van der Waals surface area contributed by atoms with Crippen LogP contribution < -0.4 is 5.32 Å². The first-order valence-corrected chi connectivity index (χ1v) is 7.78. The van der Waals surface area contributed by atoms with Crippen molar-refractivity contribution in [1.29, 1.82) is 5.26 Å². The molecule has 0 saturated carbocycles. The summed E-state index contributed by atoms with van der Waals surface area (Å²) in [5, 5.41) is 17.6. The van der Waals surface area contributed by atoms with Gasteiger partial charge in [0, 0.05) is 28.5 Å². The molecule has 0 aliphatic rings. The van der Waals surface area contributed by atoms with Gasteiger partial charge in [0.25, 0.3) is 0 Å². The van der Waals surface area contributed by atoms with E-state index in [1.807, 2.05) is 24.3 Å². The van der Waals surface area contributed by atoms with Gasteiger partial charge in [0.1, 0.15) is 17.3 Å². The number of benzene rings is 2. The number of aromatic nitrogens is 1. The summed E-state index contributed by atoms with van der Waals surface area (Å²) in [6.07, 6.45) is 3.29. The zero-order chi connectivity index (χ0) is 16.9. The second-order valence-corrected chi connectivity index (χ2v) is 5.69. The first-order valence-electron chi connectivity index (χ1n) is 7.02. The summed E-state index contributed by atoms with van der Waals surface area (Å²) in [5.74, 6) is 0.349. The molecule has 0 aliphatic carbocycles. The van der Waals surface area contributed by atoms with Gasteiger partial charge in [0.2, 0.25) is 0 Å². The van der Waals surface area contributed by atoms with Gasteiger partial charge in [0.15, 0.2) is 5.76 Å². The average molecular weight is 356 g/mol. The first-order chi connectivity index (χ1) is 11.7. The van der Waals surface area contributed by atoms with Crippen LogP contribution in [0.25, 0.3) is 17.3 Å². The SMILES string of the molecule is N#Cc1c(-c2ccccc2Cl)noc1C=CNc1cccc(Cl)c1.